The first-order valence-electron chi connectivity index (χ1n) is 7.89. The molecule has 0 saturated carbocycles. The van der Waals surface area contributed by atoms with Crippen LogP contribution in [0.3, 0.4) is 0 Å². The molecule has 3 heterocycles. The van der Waals surface area contributed by atoms with E-state index in [1.165, 1.54) is 6.08 Å². The molecular formula is C19H12ClN3O4. The Balaban J connectivity index is 1.69. The van der Waals surface area contributed by atoms with Gasteiger partial charge in [0.05, 0.1) is 0 Å². The van der Waals surface area contributed by atoms with Crippen LogP contribution in [0.15, 0.2) is 66.0 Å². The van der Waals surface area contributed by atoms with Crippen LogP contribution in [0.25, 0.3) is 17.1 Å². The molecule has 3 aromatic rings. The molecule has 0 unspecified atom stereocenters. The second-order valence-corrected chi connectivity index (χ2v) is 6.16. The Labute approximate surface area is 157 Å². The fraction of sp³-hybridized carbons (Fsp3) is 0. The van der Waals surface area contributed by atoms with Gasteiger partial charge < -0.3 is 20.1 Å². The Hall–Kier alpha value is -3.58. The van der Waals surface area contributed by atoms with Gasteiger partial charge in [-0.3, -0.25) is 4.79 Å². The number of hydrogen-bond acceptors (Lipinski definition) is 5. The first-order chi connectivity index (χ1) is 13.0. The molecule has 27 heavy (non-hydrogen) atoms. The maximum Gasteiger partial charge on any atom is 0.345 e. The van der Waals surface area contributed by atoms with E-state index in [4.69, 9.17) is 16.3 Å². The average Bonchev–Trinajstić information content (AvgIpc) is 3.19. The van der Waals surface area contributed by atoms with Crippen LogP contribution in [0.1, 0.15) is 5.56 Å². The fourth-order valence-corrected chi connectivity index (χ4v) is 2.84. The summed E-state index contributed by atoms with van der Waals surface area (Å²) >= 11 is 5.84. The van der Waals surface area contributed by atoms with E-state index in [0.717, 1.165) is 5.39 Å². The Morgan fingerprint density at radius 1 is 1.26 bits per heavy atom. The van der Waals surface area contributed by atoms with E-state index in [-0.39, 0.29) is 11.6 Å². The number of nitrogens with zero attached hydrogens (tertiary/aromatic N) is 1. The number of carboxylic acids is 1. The van der Waals surface area contributed by atoms with Crippen LogP contribution < -0.4 is 5.32 Å². The molecular weight excluding hydrogens is 370 g/mol. The molecule has 7 nitrogen and oxygen atoms in total. The zero-order valence-corrected chi connectivity index (χ0v) is 14.4. The van der Waals surface area contributed by atoms with Crippen molar-refractivity contribution in [2.45, 2.75) is 0 Å². The van der Waals surface area contributed by atoms with E-state index in [0.29, 0.717) is 21.9 Å². The van der Waals surface area contributed by atoms with Gasteiger partial charge in [-0.05, 0) is 42.5 Å². The molecule has 0 atom stereocenters. The van der Waals surface area contributed by atoms with Gasteiger partial charge >= 0.3 is 5.97 Å². The molecule has 2 aromatic heterocycles. The van der Waals surface area contributed by atoms with Crippen molar-refractivity contribution in [2.24, 2.45) is 0 Å². The van der Waals surface area contributed by atoms with Crippen molar-refractivity contribution in [1.82, 2.24) is 9.97 Å². The normalized spacial score (nSPS) is 15.4. The van der Waals surface area contributed by atoms with Gasteiger partial charge in [0.2, 0.25) is 11.7 Å². The molecule has 0 saturated heterocycles. The number of fused-ring (bicyclic) bond motifs is 1. The van der Waals surface area contributed by atoms with Crippen molar-refractivity contribution < 1.29 is 19.4 Å². The first-order valence-corrected chi connectivity index (χ1v) is 8.27. The summed E-state index contributed by atoms with van der Waals surface area (Å²) in [5.74, 6) is -2.31. The minimum atomic E-state index is -1.37. The second kappa shape index (κ2) is 6.62. The van der Waals surface area contributed by atoms with Crippen LogP contribution >= 0.6 is 11.6 Å². The van der Waals surface area contributed by atoms with Gasteiger partial charge in [0.1, 0.15) is 5.65 Å². The summed E-state index contributed by atoms with van der Waals surface area (Å²) in [6.45, 7) is 0. The minimum Gasteiger partial charge on any atom is -0.477 e. The van der Waals surface area contributed by atoms with Gasteiger partial charge in [0.15, 0.2) is 11.3 Å². The van der Waals surface area contributed by atoms with Crippen LogP contribution in [0.4, 0.5) is 5.69 Å². The van der Waals surface area contributed by atoms with Crippen LogP contribution in [0, 0.1) is 0 Å². The summed E-state index contributed by atoms with van der Waals surface area (Å²) < 4.78 is 5.54. The van der Waals surface area contributed by atoms with Gasteiger partial charge in [-0.2, -0.15) is 0 Å². The number of ketones is 1. The lowest BCUT2D eigenvalue weighted by atomic mass is 10.1. The first kappa shape index (κ1) is 16.9. The summed E-state index contributed by atoms with van der Waals surface area (Å²) in [4.78, 5) is 31.3. The highest BCUT2D eigenvalue weighted by molar-refractivity contribution is 6.30. The Morgan fingerprint density at radius 2 is 2.04 bits per heavy atom. The number of Topliss-reactive ketones (excluding diaryl/α,β-unsaturated/α-hetero) is 1. The number of benzene rings is 1. The van der Waals surface area contributed by atoms with E-state index in [9.17, 15) is 14.7 Å². The predicted molar refractivity (Wildman–Crippen MR) is 99.9 cm³/mol. The van der Waals surface area contributed by atoms with Gasteiger partial charge in [-0.25, -0.2) is 9.78 Å². The summed E-state index contributed by atoms with van der Waals surface area (Å²) in [7, 11) is 0. The summed E-state index contributed by atoms with van der Waals surface area (Å²) in [5.41, 5.74) is 1.40. The van der Waals surface area contributed by atoms with Crippen molar-refractivity contribution in [2.75, 3.05) is 5.32 Å². The number of rotatable bonds is 4. The molecule has 1 aliphatic rings. The number of halogens is 1. The molecule has 8 heteroatoms. The SMILES string of the molecule is O=C(O)C1=C(Nc2ccc(Cl)cc2)OC(=Cc2c[nH]c3ncccc23)C1=O. The van der Waals surface area contributed by atoms with E-state index in [1.54, 1.807) is 42.7 Å². The molecule has 0 amide bonds. The average molecular weight is 382 g/mol. The largest absolute Gasteiger partial charge is 0.477 e. The maximum absolute atomic E-state index is 12.5. The van der Waals surface area contributed by atoms with Crippen molar-refractivity contribution in [3.8, 4) is 0 Å². The number of aliphatic carboxylic acids is 1. The number of carbonyl (C=O) groups excluding carboxylic acids is 1. The number of H-pyrrole nitrogens is 1. The highest BCUT2D eigenvalue weighted by atomic mass is 35.5. The number of allylic oxidation sites excluding steroid dienone is 1. The summed E-state index contributed by atoms with van der Waals surface area (Å²) in [6.07, 6.45) is 4.81. The molecule has 3 N–H and O–H groups in total. The number of nitrogens with one attached hydrogen (secondary N) is 2. The number of aromatic nitrogens is 2. The Bertz CT molecular complexity index is 1130. The fourth-order valence-electron chi connectivity index (χ4n) is 2.71. The van der Waals surface area contributed by atoms with Gasteiger partial charge in [0, 0.05) is 34.1 Å². The van der Waals surface area contributed by atoms with Crippen molar-refractivity contribution >= 4 is 46.2 Å². The lowest BCUT2D eigenvalue weighted by molar-refractivity contribution is -0.134. The standard InChI is InChI=1S/C19H12ClN3O4/c20-11-3-5-12(6-4-11)23-18-15(19(25)26)16(24)14(27-18)8-10-9-22-17-13(10)2-1-7-21-17/h1-9,23H,(H,21,22)(H,25,26). The number of carboxylic acid groups (broad SMARTS) is 1. The number of hydrogen-bond donors (Lipinski definition) is 3. The zero-order chi connectivity index (χ0) is 19.0. The highest BCUT2D eigenvalue weighted by Crippen LogP contribution is 2.29. The smallest absolute Gasteiger partial charge is 0.345 e. The molecule has 134 valence electrons. The molecule has 0 aliphatic carbocycles. The number of aromatic amines is 1. The van der Waals surface area contributed by atoms with E-state index >= 15 is 0 Å². The molecule has 0 fully saturated rings. The monoisotopic (exact) mass is 381 g/mol. The highest BCUT2D eigenvalue weighted by Gasteiger charge is 2.36. The third-order valence-electron chi connectivity index (χ3n) is 3.98. The van der Waals surface area contributed by atoms with E-state index < -0.39 is 17.3 Å². The van der Waals surface area contributed by atoms with E-state index in [1.807, 2.05) is 6.07 Å². The van der Waals surface area contributed by atoms with Crippen molar-refractivity contribution in [1.29, 1.82) is 0 Å². The molecule has 0 radical (unpaired) electrons. The van der Waals surface area contributed by atoms with E-state index in [2.05, 4.69) is 15.3 Å². The topological polar surface area (TPSA) is 104 Å². The van der Waals surface area contributed by atoms with Crippen LogP contribution in [0.2, 0.25) is 5.02 Å². The molecule has 0 bridgehead atoms. The number of anilines is 1. The van der Waals surface area contributed by atoms with Crippen molar-refractivity contribution in [3.63, 3.8) is 0 Å². The molecule has 4 rings (SSSR count). The number of pyridine rings is 1. The third kappa shape index (κ3) is 3.16. The lowest BCUT2D eigenvalue weighted by Crippen LogP contribution is -2.12. The maximum atomic E-state index is 12.5. The Kier molecular flexibility index (Phi) is 4.13. The number of ether oxygens (including phenoxy) is 1. The van der Waals surface area contributed by atoms with Crippen LogP contribution in [0.5, 0.6) is 0 Å². The van der Waals surface area contributed by atoms with Gasteiger partial charge in [-0.1, -0.05) is 11.6 Å². The minimum absolute atomic E-state index is 0.0892. The quantitative estimate of drug-likeness (QED) is 0.471. The van der Waals surface area contributed by atoms with Gasteiger partial charge in [0.25, 0.3) is 0 Å². The second-order valence-electron chi connectivity index (χ2n) is 5.72. The predicted octanol–water partition coefficient (Wildman–Crippen LogP) is 3.56. The Morgan fingerprint density at radius 3 is 2.78 bits per heavy atom. The molecule has 1 aliphatic heterocycles. The zero-order valence-electron chi connectivity index (χ0n) is 13.7. The number of carbonyl (C=O) groups is 2. The van der Waals surface area contributed by atoms with Crippen LogP contribution in [-0.4, -0.2) is 26.8 Å². The molecule has 0 spiro atoms. The summed E-state index contributed by atoms with van der Waals surface area (Å²) in [6, 6.07) is 10.2. The molecule has 1 aromatic carbocycles. The lowest BCUT2D eigenvalue weighted by Gasteiger charge is -2.08. The van der Waals surface area contributed by atoms with Crippen molar-refractivity contribution in [3.05, 3.63) is 76.6 Å². The van der Waals surface area contributed by atoms with Crippen LogP contribution in [-0.2, 0) is 14.3 Å². The van der Waals surface area contributed by atoms with Gasteiger partial charge in [-0.15, -0.1) is 0 Å². The summed E-state index contributed by atoms with van der Waals surface area (Å²) in [5, 5.41) is 13.6. The third-order valence-corrected chi connectivity index (χ3v) is 4.23.